The smallest absolute Gasteiger partial charge is 0.338 e. The van der Waals surface area contributed by atoms with Crippen molar-refractivity contribution in [2.45, 2.75) is 32.3 Å². The lowest BCUT2D eigenvalue weighted by atomic mass is 9.94. The molecule has 0 saturated carbocycles. The third-order valence-corrected chi connectivity index (χ3v) is 2.65. The molecule has 0 amide bonds. The highest BCUT2D eigenvalue weighted by Crippen LogP contribution is 2.32. The zero-order valence-electron chi connectivity index (χ0n) is 8.32. The molecular weight excluding hydrogens is 176 g/mol. The van der Waals surface area contributed by atoms with Gasteiger partial charge in [0.25, 0.3) is 0 Å². The SMILES string of the molecule is CC=CCC1OC(=O)C2=C1CCC=C2. The number of carbonyl (C=O) groups is 1. The number of allylic oxidation sites excluding steroid dienone is 2. The zero-order valence-corrected chi connectivity index (χ0v) is 8.32. The number of esters is 1. The average Bonchev–Trinajstić information content (AvgIpc) is 2.54. The summed E-state index contributed by atoms with van der Waals surface area (Å²) in [7, 11) is 0. The standard InChI is InChI=1S/C12H14O2/c1-2-3-8-11-9-6-4-5-7-10(9)12(13)14-11/h2-3,5,7,11H,4,6,8H2,1H3. The fourth-order valence-electron chi connectivity index (χ4n) is 1.93. The molecule has 1 aliphatic heterocycles. The van der Waals surface area contributed by atoms with Gasteiger partial charge in [0.2, 0.25) is 0 Å². The van der Waals surface area contributed by atoms with Gasteiger partial charge in [-0.25, -0.2) is 4.79 Å². The molecule has 1 aliphatic carbocycles. The van der Waals surface area contributed by atoms with Crippen molar-refractivity contribution >= 4 is 5.97 Å². The van der Waals surface area contributed by atoms with Crippen LogP contribution in [0.25, 0.3) is 0 Å². The summed E-state index contributed by atoms with van der Waals surface area (Å²) in [5, 5.41) is 0. The first-order chi connectivity index (χ1) is 6.83. The number of hydrogen-bond acceptors (Lipinski definition) is 2. The molecule has 0 spiro atoms. The van der Waals surface area contributed by atoms with Crippen molar-refractivity contribution < 1.29 is 9.53 Å². The van der Waals surface area contributed by atoms with Gasteiger partial charge >= 0.3 is 5.97 Å². The summed E-state index contributed by atoms with van der Waals surface area (Å²) in [6, 6.07) is 0. The zero-order chi connectivity index (χ0) is 9.97. The van der Waals surface area contributed by atoms with Crippen molar-refractivity contribution in [1.29, 1.82) is 0 Å². The third kappa shape index (κ3) is 1.52. The Bertz CT molecular complexity index is 334. The van der Waals surface area contributed by atoms with E-state index in [4.69, 9.17) is 4.74 Å². The fourth-order valence-corrected chi connectivity index (χ4v) is 1.93. The van der Waals surface area contributed by atoms with Gasteiger partial charge in [-0.05, 0) is 25.3 Å². The van der Waals surface area contributed by atoms with E-state index in [1.165, 1.54) is 5.57 Å². The first-order valence-electron chi connectivity index (χ1n) is 5.04. The van der Waals surface area contributed by atoms with Crippen molar-refractivity contribution in [2.75, 3.05) is 0 Å². The molecule has 74 valence electrons. The van der Waals surface area contributed by atoms with Crippen LogP contribution in [0.15, 0.2) is 35.5 Å². The second kappa shape index (κ2) is 3.82. The maximum absolute atomic E-state index is 11.4. The highest BCUT2D eigenvalue weighted by Gasteiger charge is 2.32. The molecule has 0 saturated heterocycles. The highest BCUT2D eigenvalue weighted by atomic mass is 16.5. The van der Waals surface area contributed by atoms with Gasteiger partial charge in [-0.2, -0.15) is 0 Å². The summed E-state index contributed by atoms with van der Waals surface area (Å²) in [4.78, 5) is 11.4. The number of hydrogen-bond donors (Lipinski definition) is 0. The van der Waals surface area contributed by atoms with Gasteiger partial charge in [0, 0.05) is 6.42 Å². The molecule has 0 bridgehead atoms. The monoisotopic (exact) mass is 190 g/mol. The molecule has 0 N–H and O–H groups in total. The Labute approximate surface area is 83.9 Å². The van der Waals surface area contributed by atoms with Crippen molar-refractivity contribution in [3.05, 3.63) is 35.5 Å². The van der Waals surface area contributed by atoms with Gasteiger partial charge in [0.15, 0.2) is 0 Å². The summed E-state index contributed by atoms with van der Waals surface area (Å²) in [6.45, 7) is 1.98. The molecule has 2 aliphatic rings. The van der Waals surface area contributed by atoms with E-state index >= 15 is 0 Å². The predicted octanol–water partition coefficient (Wildman–Crippen LogP) is 2.52. The molecule has 14 heavy (non-hydrogen) atoms. The van der Waals surface area contributed by atoms with E-state index in [1.807, 2.05) is 31.2 Å². The van der Waals surface area contributed by atoms with E-state index in [1.54, 1.807) is 0 Å². The van der Waals surface area contributed by atoms with Gasteiger partial charge in [0.05, 0.1) is 5.57 Å². The largest absolute Gasteiger partial charge is 0.454 e. The summed E-state index contributed by atoms with van der Waals surface area (Å²) >= 11 is 0. The topological polar surface area (TPSA) is 26.3 Å². The van der Waals surface area contributed by atoms with Crippen LogP contribution in [0.4, 0.5) is 0 Å². The van der Waals surface area contributed by atoms with Crippen molar-refractivity contribution in [3.8, 4) is 0 Å². The molecule has 2 heteroatoms. The van der Waals surface area contributed by atoms with Crippen LogP contribution in [-0.4, -0.2) is 12.1 Å². The Hall–Kier alpha value is -1.31. The first-order valence-corrected chi connectivity index (χ1v) is 5.04. The Kier molecular flexibility index (Phi) is 2.53. The molecule has 0 fully saturated rings. The summed E-state index contributed by atoms with van der Waals surface area (Å²) < 4.78 is 5.29. The van der Waals surface area contributed by atoms with Crippen LogP contribution in [0.1, 0.15) is 26.2 Å². The van der Waals surface area contributed by atoms with Gasteiger partial charge in [0.1, 0.15) is 6.10 Å². The number of ether oxygens (including phenoxy) is 1. The quantitative estimate of drug-likeness (QED) is 0.494. The van der Waals surface area contributed by atoms with Crippen LogP contribution in [0.5, 0.6) is 0 Å². The van der Waals surface area contributed by atoms with Crippen LogP contribution in [-0.2, 0) is 9.53 Å². The normalized spacial score (nSPS) is 25.8. The molecule has 1 unspecified atom stereocenters. The van der Waals surface area contributed by atoms with Gasteiger partial charge < -0.3 is 4.74 Å². The Morgan fingerprint density at radius 1 is 1.64 bits per heavy atom. The minimum Gasteiger partial charge on any atom is -0.454 e. The van der Waals surface area contributed by atoms with Crippen LogP contribution in [0.3, 0.4) is 0 Å². The predicted molar refractivity (Wildman–Crippen MR) is 54.7 cm³/mol. The van der Waals surface area contributed by atoms with E-state index in [9.17, 15) is 4.79 Å². The van der Waals surface area contributed by atoms with Gasteiger partial charge in [-0.3, -0.25) is 0 Å². The van der Waals surface area contributed by atoms with E-state index in [-0.39, 0.29) is 12.1 Å². The molecule has 0 aromatic rings. The van der Waals surface area contributed by atoms with Crippen LogP contribution >= 0.6 is 0 Å². The summed E-state index contributed by atoms with van der Waals surface area (Å²) in [5.74, 6) is -0.148. The van der Waals surface area contributed by atoms with Crippen molar-refractivity contribution in [2.24, 2.45) is 0 Å². The van der Waals surface area contributed by atoms with E-state index < -0.39 is 0 Å². The molecule has 1 atom stereocenters. The molecule has 0 aromatic heterocycles. The minimum absolute atomic E-state index is 0.00125. The Morgan fingerprint density at radius 2 is 2.50 bits per heavy atom. The van der Waals surface area contributed by atoms with Crippen LogP contribution < -0.4 is 0 Å². The molecular formula is C12H14O2. The van der Waals surface area contributed by atoms with E-state index in [0.717, 1.165) is 24.8 Å². The van der Waals surface area contributed by atoms with Crippen LogP contribution in [0, 0.1) is 0 Å². The van der Waals surface area contributed by atoms with Gasteiger partial charge in [-0.15, -0.1) is 0 Å². The Balaban J connectivity index is 2.19. The third-order valence-electron chi connectivity index (χ3n) is 2.65. The lowest BCUT2D eigenvalue weighted by Crippen LogP contribution is -2.10. The second-order valence-electron chi connectivity index (χ2n) is 3.58. The summed E-state index contributed by atoms with van der Waals surface area (Å²) in [6.07, 6.45) is 10.8. The number of carbonyl (C=O) groups excluding carboxylic acids is 1. The lowest BCUT2D eigenvalue weighted by molar-refractivity contribution is -0.139. The van der Waals surface area contributed by atoms with Gasteiger partial charge in [-0.1, -0.05) is 24.3 Å². The second-order valence-corrected chi connectivity index (χ2v) is 3.58. The maximum Gasteiger partial charge on any atom is 0.338 e. The molecule has 2 rings (SSSR count). The minimum atomic E-state index is -0.148. The highest BCUT2D eigenvalue weighted by molar-refractivity contribution is 5.95. The molecule has 1 heterocycles. The van der Waals surface area contributed by atoms with Crippen molar-refractivity contribution in [1.82, 2.24) is 0 Å². The summed E-state index contributed by atoms with van der Waals surface area (Å²) in [5.41, 5.74) is 1.99. The first kappa shape index (κ1) is 9.25. The average molecular weight is 190 g/mol. The number of cyclic esters (lactones) is 1. The Morgan fingerprint density at radius 3 is 3.29 bits per heavy atom. The van der Waals surface area contributed by atoms with Crippen molar-refractivity contribution in [3.63, 3.8) is 0 Å². The maximum atomic E-state index is 11.4. The fraction of sp³-hybridized carbons (Fsp3) is 0.417. The molecule has 0 aromatic carbocycles. The number of rotatable bonds is 2. The van der Waals surface area contributed by atoms with E-state index in [0.29, 0.717) is 0 Å². The van der Waals surface area contributed by atoms with E-state index in [2.05, 4.69) is 0 Å². The lowest BCUT2D eigenvalue weighted by Gasteiger charge is -2.12. The molecule has 2 nitrogen and oxygen atoms in total. The van der Waals surface area contributed by atoms with Crippen LogP contribution in [0.2, 0.25) is 0 Å². The molecule has 0 radical (unpaired) electrons.